The molecule has 0 saturated heterocycles. The Morgan fingerprint density at radius 3 is 2.20 bits per heavy atom. The predicted molar refractivity (Wildman–Crippen MR) is 82.6 cm³/mol. The van der Waals surface area contributed by atoms with Gasteiger partial charge in [-0.1, -0.05) is 13.8 Å². The first-order valence-corrected chi connectivity index (χ1v) is 8.86. The van der Waals surface area contributed by atoms with Crippen LogP contribution in [0.25, 0.3) is 0 Å². The summed E-state index contributed by atoms with van der Waals surface area (Å²) in [5, 5.41) is 0. The number of Topliss-reactive ketones (excluding diaryl/α,β-unsaturated/α-hetero) is 1. The van der Waals surface area contributed by atoms with Crippen LogP contribution in [0.1, 0.15) is 65.7 Å². The van der Waals surface area contributed by atoms with E-state index in [-0.39, 0.29) is 11.5 Å². The molecule has 4 rings (SSSR count). The van der Waals surface area contributed by atoms with Gasteiger partial charge in [-0.2, -0.15) is 0 Å². The standard InChI is InChI=1S/C18H31NO/c1-4-19(5-2)13(3)17(20)18-7-6-14-8-15(11-18)10-16(9-14)12-18/h13-16H,4-12H2,1-3H3/t13-,14?,15+,16+,18?/m0/s1. The van der Waals surface area contributed by atoms with Gasteiger partial charge in [0.2, 0.25) is 0 Å². The predicted octanol–water partition coefficient (Wildman–Crippen LogP) is 3.89. The number of ketones is 1. The van der Waals surface area contributed by atoms with Gasteiger partial charge in [-0.15, -0.1) is 0 Å². The van der Waals surface area contributed by atoms with Crippen LogP contribution in [0.2, 0.25) is 0 Å². The highest BCUT2D eigenvalue weighted by atomic mass is 16.1. The van der Waals surface area contributed by atoms with Crippen molar-refractivity contribution in [3.8, 4) is 0 Å². The quantitative estimate of drug-likeness (QED) is 0.760. The van der Waals surface area contributed by atoms with E-state index in [0.717, 1.165) is 30.8 Å². The summed E-state index contributed by atoms with van der Waals surface area (Å²) in [7, 11) is 0. The minimum atomic E-state index is 0.0564. The fourth-order valence-electron chi connectivity index (χ4n) is 5.85. The molecule has 114 valence electrons. The fourth-order valence-corrected chi connectivity index (χ4v) is 5.85. The van der Waals surface area contributed by atoms with Gasteiger partial charge in [-0.3, -0.25) is 9.69 Å². The molecule has 20 heavy (non-hydrogen) atoms. The molecule has 4 aliphatic carbocycles. The van der Waals surface area contributed by atoms with Crippen LogP contribution in [0.15, 0.2) is 0 Å². The number of likely N-dealkylation sites (N-methyl/N-ethyl adjacent to an activating group) is 1. The minimum absolute atomic E-state index is 0.0564. The summed E-state index contributed by atoms with van der Waals surface area (Å²) in [4.78, 5) is 15.6. The Morgan fingerprint density at radius 2 is 1.65 bits per heavy atom. The summed E-state index contributed by atoms with van der Waals surface area (Å²) in [6, 6.07) is 0.124. The van der Waals surface area contributed by atoms with Crippen LogP contribution >= 0.6 is 0 Å². The first-order valence-electron chi connectivity index (χ1n) is 8.86. The Hall–Kier alpha value is -0.370. The first kappa shape index (κ1) is 14.6. The van der Waals surface area contributed by atoms with Crippen molar-refractivity contribution in [2.45, 2.75) is 71.8 Å². The van der Waals surface area contributed by atoms with Crippen molar-refractivity contribution < 1.29 is 4.79 Å². The van der Waals surface area contributed by atoms with E-state index in [1.807, 2.05) is 0 Å². The number of hydrogen-bond acceptors (Lipinski definition) is 2. The Bertz CT molecular complexity index is 360. The number of rotatable bonds is 5. The van der Waals surface area contributed by atoms with Crippen molar-refractivity contribution in [1.29, 1.82) is 0 Å². The molecule has 4 bridgehead atoms. The zero-order valence-corrected chi connectivity index (χ0v) is 13.5. The third-order valence-electron chi connectivity index (χ3n) is 6.65. The summed E-state index contributed by atoms with van der Waals surface area (Å²) < 4.78 is 0. The Kier molecular flexibility index (Phi) is 3.96. The zero-order valence-electron chi connectivity index (χ0n) is 13.5. The molecule has 0 aromatic carbocycles. The lowest BCUT2D eigenvalue weighted by Gasteiger charge is -2.46. The average molecular weight is 277 g/mol. The van der Waals surface area contributed by atoms with E-state index in [2.05, 4.69) is 25.7 Å². The monoisotopic (exact) mass is 277 g/mol. The molecule has 2 heteroatoms. The van der Waals surface area contributed by atoms with Gasteiger partial charge in [0.05, 0.1) is 6.04 Å². The second-order valence-electron chi connectivity index (χ2n) is 7.79. The lowest BCUT2D eigenvalue weighted by Crippen LogP contribution is -2.49. The normalized spacial score (nSPS) is 40.9. The highest BCUT2D eigenvalue weighted by molar-refractivity contribution is 5.89. The molecule has 4 aliphatic rings. The van der Waals surface area contributed by atoms with E-state index in [9.17, 15) is 4.79 Å². The second kappa shape index (κ2) is 5.44. The molecular formula is C18H31NO. The molecule has 0 radical (unpaired) electrons. The van der Waals surface area contributed by atoms with E-state index in [0.29, 0.717) is 5.78 Å². The number of carbonyl (C=O) groups is 1. The van der Waals surface area contributed by atoms with E-state index in [4.69, 9.17) is 0 Å². The Labute approximate surface area is 124 Å². The van der Waals surface area contributed by atoms with E-state index >= 15 is 0 Å². The van der Waals surface area contributed by atoms with Crippen LogP contribution in [-0.2, 0) is 4.79 Å². The third kappa shape index (κ3) is 2.34. The number of fused-ring (bicyclic) bond motifs is 1. The second-order valence-corrected chi connectivity index (χ2v) is 7.79. The molecule has 4 fully saturated rings. The lowest BCUT2D eigenvalue weighted by molar-refractivity contribution is -0.138. The molecular weight excluding hydrogens is 246 g/mol. The maximum Gasteiger partial charge on any atom is 0.155 e. The van der Waals surface area contributed by atoms with Gasteiger partial charge in [-0.05, 0) is 82.7 Å². The smallest absolute Gasteiger partial charge is 0.155 e. The van der Waals surface area contributed by atoms with Crippen molar-refractivity contribution >= 4 is 5.78 Å². The number of hydrogen-bond donors (Lipinski definition) is 0. The fraction of sp³-hybridized carbons (Fsp3) is 0.944. The number of carbonyl (C=O) groups excluding carboxylic acids is 1. The van der Waals surface area contributed by atoms with E-state index in [1.54, 1.807) is 0 Å². The number of nitrogens with zero attached hydrogens (tertiary/aromatic N) is 1. The van der Waals surface area contributed by atoms with E-state index < -0.39 is 0 Å². The molecule has 0 N–H and O–H groups in total. The summed E-state index contributed by atoms with van der Waals surface area (Å²) in [5.74, 6) is 3.25. The van der Waals surface area contributed by atoms with Crippen LogP contribution in [0.4, 0.5) is 0 Å². The van der Waals surface area contributed by atoms with Crippen molar-refractivity contribution in [2.24, 2.45) is 23.2 Å². The average Bonchev–Trinajstić information content (AvgIpc) is 2.64. The van der Waals surface area contributed by atoms with Gasteiger partial charge in [0.1, 0.15) is 0 Å². The maximum atomic E-state index is 13.3. The molecule has 2 nitrogen and oxygen atoms in total. The summed E-state index contributed by atoms with van der Waals surface area (Å²) >= 11 is 0. The highest BCUT2D eigenvalue weighted by Gasteiger charge is 2.52. The minimum Gasteiger partial charge on any atom is -0.297 e. The topological polar surface area (TPSA) is 20.3 Å². The van der Waals surface area contributed by atoms with Gasteiger partial charge >= 0.3 is 0 Å². The molecule has 0 aromatic heterocycles. The van der Waals surface area contributed by atoms with Gasteiger partial charge in [0, 0.05) is 5.41 Å². The first-order chi connectivity index (χ1) is 9.58. The van der Waals surface area contributed by atoms with Gasteiger partial charge in [-0.25, -0.2) is 0 Å². The van der Waals surface area contributed by atoms with E-state index in [1.165, 1.54) is 44.9 Å². The summed E-state index contributed by atoms with van der Waals surface area (Å²) in [6.45, 7) is 8.50. The Morgan fingerprint density at radius 1 is 1.10 bits per heavy atom. The third-order valence-corrected chi connectivity index (χ3v) is 6.65. The molecule has 0 unspecified atom stereocenters. The van der Waals surface area contributed by atoms with Crippen LogP contribution < -0.4 is 0 Å². The maximum absolute atomic E-state index is 13.3. The van der Waals surface area contributed by atoms with Crippen LogP contribution in [0, 0.1) is 23.2 Å². The van der Waals surface area contributed by atoms with Gasteiger partial charge in [0.15, 0.2) is 5.78 Å². The lowest BCUT2D eigenvalue weighted by atomic mass is 9.59. The summed E-state index contributed by atoms with van der Waals surface area (Å²) in [6.07, 6.45) is 9.20. The Balaban J connectivity index is 1.82. The SMILES string of the molecule is CCN(CC)[C@@H](C)C(=O)C12CCC3C[C@H](C[C@@H](C3)C1)C2. The van der Waals surface area contributed by atoms with Crippen LogP contribution in [0.3, 0.4) is 0 Å². The largest absolute Gasteiger partial charge is 0.297 e. The molecule has 4 saturated carbocycles. The molecule has 3 atom stereocenters. The van der Waals surface area contributed by atoms with Crippen molar-refractivity contribution in [3.63, 3.8) is 0 Å². The van der Waals surface area contributed by atoms with Crippen molar-refractivity contribution in [2.75, 3.05) is 13.1 Å². The molecule has 0 spiro atoms. The van der Waals surface area contributed by atoms with Crippen molar-refractivity contribution in [3.05, 3.63) is 0 Å². The molecule has 0 amide bonds. The summed E-state index contributed by atoms with van der Waals surface area (Å²) in [5.41, 5.74) is 0.0564. The molecule has 0 aromatic rings. The van der Waals surface area contributed by atoms with Crippen LogP contribution in [0.5, 0.6) is 0 Å². The molecule has 0 aliphatic heterocycles. The van der Waals surface area contributed by atoms with Crippen molar-refractivity contribution in [1.82, 2.24) is 4.90 Å². The van der Waals surface area contributed by atoms with Gasteiger partial charge in [0.25, 0.3) is 0 Å². The highest BCUT2D eigenvalue weighted by Crippen LogP contribution is 2.57. The van der Waals surface area contributed by atoms with Crippen LogP contribution in [-0.4, -0.2) is 29.8 Å². The molecule has 0 heterocycles. The van der Waals surface area contributed by atoms with Gasteiger partial charge < -0.3 is 0 Å². The zero-order chi connectivity index (χ0) is 14.3.